The van der Waals surface area contributed by atoms with Crippen LogP contribution in [0.15, 0.2) is 16.6 Å². The molecule has 82 valence electrons. The second-order valence-corrected chi connectivity index (χ2v) is 3.98. The number of nitrogens with two attached hydrogens (primary N) is 1. The summed E-state index contributed by atoms with van der Waals surface area (Å²) in [5.41, 5.74) is 8.09. The van der Waals surface area contributed by atoms with E-state index in [-0.39, 0.29) is 5.41 Å². The van der Waals surface area contributed by atoms with Gasteiger partial charge in [-0.25, -0.2) is 0 Å². The molecule has 2 N–H and O–H groups in total. The van der Waals surface area contributed by atoms with Crippen LogP contribution in [0.5, 0.6) is 0 Å². The van der Waals surface area contributed by atoms with Crippen molar-refractivity contribution in [1.82, 2.24) is 0 Å². The van der Waals surface area contributed by atoms with Crippen molar-refractivity contribution >= 4 is 5.71 Å². The van der Waals surface area contributed by atoms with Crippen LogP contribution in [0.4, 0.5) is 0 Å². The Balaban J connectivity index is 4.99. The zero-order valence-corrected chi connectivity index (χ0v) is 10.2. The molecule has 0 saturated carbocycles. The van der Waals surface area contributed by atoms with Gasteiger partial charge in [0.15, 0.2) is 0 Å². The maximum absolute atomic E-state index is 5.46. The highest BCUT2D eigenvalue weighted by Crippen LogP contribution is 2.33. The summed E-state index contributed by atoms with van der Waals surface area (Å²) in [7, 11) is 0. The molecule has 0 heterocycles. The van der Waals surface area contributed by atoms with Gasteiger partial charge in [0.05, 0.1) is 6.67 Å². The Morgan fingerprint density at radius 2 is 2.00 bits per heavy atom. The van der Waals surface area contributed by atoms with Crippen LogP contribution in [0.3, 0.4) is 0 Å². The average molecular weight is 196 g/mol. The number of rotatable bonds is 5. The van der Waals surface area contributed by atoms with Crippen LogP contribution in [-0.4, -0.2) is 12.4 Å². The number of aliphatic imine (C=N–C) groups is 1. The Morgan fingerprint density at radius 1 is 1.43 bits per heavy atom. The third-order valence-corrected chi connectivity index (χ3v) is 3.18. The molecule has 0 aromatic carbocycles. The number of hydrogen-bond acceptors (Lipinski definition) is 2. The Morgan fingerprint density at radius 3 is 2.36 bits per heavy atom. The van der Waals surface area contributed by atoms with Crippen molar-refractivity contribution in [3.8, 4) is 0 Å². The highest BCUT2D eigenvalue weighted by molar-refractivity contribution is 5.90. The molecule has 0 fully saturated rings. The third-order valence-electron chi connectivity index (χ3n) is 3.18. The minimum Gasteiger partial charge on any atom is -0.312 e. The summed E-state index contributed by atoms with van der Waals surface area (Å²) in [6.07, 6.45) is 4.48. The number of allylic oxidation sites excluding steroid dienone is 2. The van der Waals surface area contributed by atoms with Gasteiger partial charge in [-0.3, -0.25) is 4.99 Å². The minimum absolute atomic E-state index is 0.100. The van der Waals surface area contributed by atoms with Gasteiger partial charge in [0.2, 0.25) is 0 Å². The van der Waals surface area contributed by atoms with E-state index in [0.717, 1.165) is 12.1 Å². The molecule has 1 unspecified atom stereocenters. The van der Waals surface area contributed by atoms with Crippen LogP contribution < -0.4 is 5.73 Å². The summed E-state index contributed by atoms with van der Waals surface area (Å²) in [6, 6.07) is 0. The fraction of sp³-hybridized carbons (Fsp3) is 0.750. The predicted molar refractivity (Wildman–Crippen MR) is 64.6 cm³/mol. The lowest BCUT2D eigenvalue weighted by molar-refractivity contribution is 0.493. The molecular formula is C12H24N2. The minimum atomic E-state index is 0.100. The van der Waals surface area contributed by atoms with E-state index in [0.29, 0.717) is 6.67 Å². The van der Waals surface area contributed by atoms with E-state index in [1.165, 1.54) is 12.0 Å². The predicted octanol–water partition coefficient (Wildman–Crippen LogP) is 3.14. The van der Waals surface area contributed by atoms with Crippen molar-refractivity contribution in [2.75, 3.05) is 6.67 Å². The van der Waals surface area contributed by atoms with Crippen molar-refractivity contribution in [3.05, 3.63) is 11.6 Å². The van der Waals surface area contributed by atoms with E-state index < -0.39 is 0 Å². The zero-order chi connectivity index (χ0) is 11.2. The van der Waals surface area contributed by atoms with Gasteiger partial charge in [0, 0.05) is 11.1 Å². The SMILES string of the molecule is C/C=C(/C)C(C)(CCC)/C(C)=N\CN. The smallest absolute Gasteiger partial charge is 0.0859 e. The van der Waals surface area contributed by atoms with Crippen molar-refractivity contribution < 1.29 is 0 Å². The Hall–Kier alpha value is -0.630. The second-order valence-electron chi connectivity index (χ2n) is 3.98. The van der Waals surface area contributed by atoms with E-state index in [4.69, 9.17) is 5.73 Å². The normalized spacial score (nSPS) is 18.1. The van der Waals surface area contributed by atoms with Crippen LogP contribution in [0.2, 0.25) is 0 Å². The number of nitrogens with zero attached hydrogens (tertiary/aromatic N) is 1. The third kappa shape index (κ3) is 2.95. The van der Waals surface area contributed by atoms with Crippen molar-refractivity contribution in [1.29, 1.82) is 0 Å². The molecule has 0 amide bonds. The fourth-order valence-electron chi connectivity index (χ4n) is 1.79. The molecule has 0 bridgehead atoms. The molecule has 0 rings (SSSR count). The summed E-state index contributed by atoms with van der Waals surface area (Å²) >= 11 is 0. The average Bonchev–Trinajstić information content (AvgIpc) is 2.17. The lowest BCUT2D eigenvalue weighted by atomic mass is 9.75. The number of hydrogen-bond donors (Lipinski definition) is 1. The molecular weight excluding hydrogens is 172 g/mol. The van der Waals surface area contributed by atoms with Crippen LogP contribution >= 0.6 is 0 Å². The molecule has 0 saturated heterocycles. The molecule has 2 heteroatoms. The highest BCUT2D eigenvalue weighted by atomic mass is 14.9. The monoisotopic (exact) mass is 196 g/mol. The largest absolute Gasteiger partial charge is 0.312 e. The van der Waals surface area contributed by atoms with Crippen LogP contribution in [0.25, 0.3) is 0 Å². The molecule has 0 radical (unpaired) electrons. The lowest BCUT2D eigenvalue weighted by Gasteiger charge is -2.30. The van der Waals surface area contributed by atoms with Crippen molar-refractivity contribution in [2.45, 2.75) is 47.5 Å². The fourth-order valence-corrected chi connectivity index (χ4v) is 1.79. The standard InChI is InChI=1S/C12H24N2/c1-6-8-12(5,10(3)7-2)11(4)14-9-13/h7H,6,8-9,13H2,1-5H3/b10-7-,14-11-. The van der Waals surface area contributed by atoms with E-state index in [9.17, 15) is 0 Å². The van der Waals surface area contributed by atoms with E-state index in [2.05, 4.69) is 45.7 Å². The van der Waals surface area contributed by atoms with Gasteiger partial charge in [-0.05, 0) is 27.2 Å². The Labute approximate surface area is 88.3 Å². The molecule has 0 aliphatic carbocycles. The van der Waals surface area contributed by atoms with Crippen LogP contribution in [-0.2, 0) is 0 Å². The first-order chi connectivity index (χ1) is 6.52. The van der Waals surface area contributed by atoms with Gasteiger partial charge in [-0.15, -0.1) is 0 Å². The maximum atomic E-state index is 5.46. The van der Waals surface area contributed by atoms with Gasteiger partial charge < -0.3 is 5.73 Å². The van der Waals surface area contributed by atoms with Gasteiger partial charge >= 0.3 is 0 Å². The summed E-state index contributed by atoms with van der Waals surface area (Å²) in [5.74, 6) is 0. The summed E-state index contributed by atoms with van der Waals surface area (Å²) in [6.45, 7) is 11.2. The molecule has 0 aromatic rings. The molecule has 14 heavy (non-hydrogen) atoms. The van der Waals surface area contributed by atoms with Gasteiger partial charge in [0.25, 0.3) is 0 Å². The molecule has 0 aliphatic rings. The first-order valence-electron chi connectivity index (χ1n) is 5.37. The maximum Gasteiger partial charge on any atom is 0.0859 e. The van der Waals surface area contributed by atoms with Gasteiger partial charge in [-0.2, -0.15) is 0 Å². The van der Waals surface area contributed by atoms with E-state index in [1.54, 1.807) is 0 Å². The second kappa shape index (κ2) is 5.97. The van der Waals surface area contributed by atoms with Crippen molar-refractivity contribution in [3.63, 3.8) is 0 Å². The summed E-state index contributed by atoms with van der Waals surface area (Å²) in [4.78, 5) is 4.34. The van der Waals surface area contributed by atoms with Crippen molar-refractivity contribution in [2.24, 2.45) is 16.1 Å². The Bertz CT molecular complexity index is 228. The highest BCUT2D eigenvalue weighted by Gasteiger charge is 2.27. The first-order valence-corrected chi connectivity index (χ1v) is 5.37. The van der Waals surface area contributed by atoms with Gasteiger partial charge in [-0.1, -0.05) is 31.9 Å². The van der Waals surface area contributed by atoms with E-state index >= 15 is 0 Å². The Kier molecular flexibility index (Phi) is 5.70. The topological polar surface area (TPSA) is 38.4 Å². The molecule has 0 aliphatic heterocycles. The molecule has 2 nitrogen and oxygen atoms in total. The summed E-state index contributed by atoms with van der Waals surface area (Å²) < 4.78 is 0. The lowest BCUT2D eigenvalue weighted by Crippen LogP contribution is -2.27. The molecule has 0 aromatic heterocycles. The quantitative estimate of drug-likeness (QED) is 0.532. The zero-order valence-electron chi connectivity index (χ0n) is 10.2. The van der Waals surface area contributed by atoms with Gasteiger partial charge in [0.1, 0.15) is 0 Å². The molecule has 1 atom stereocenters. The van der Waals surface area contributed by atoms with Crippen LogP contribution in [0, 0.1) is 5.41 Å². The van der Waals surface area contributed by atoms with E-state index in [1.807, 2.05) is 0 Å². The molecule has 0 spiro atoms. The van der Waals surface area contributed by atoms with Crippen LogP contribution in [0.1, 0.15) is 47.5 Å². The first kappa shape index (κ1) is 13.4. The summed E-state index contributed by atoms with van der Waals surface area (Å²) in [5, 5.41) is 0.